The summed E-state index contributed by atoms with van der Waals surface area (Å²) in [6.07, 6.45) is 2.91. The van der Waals surface area contributed by atoms with Gasteiger partial charge in [-0.15, -0.1) is 0 Å². The first-order valence-corrected chi connectivity index (χ1v) is 4.57. The average molecular weight is 207 g/mol. The number of nitrogens with zero attached hydrogens (tertiary/aromatic N) is 3. The lowest BCUT2D eigenvalue weighted by Gasteiger charge is -1.95. The Morgan fingerprint density at radius 3 is 3.00 bits per heavy atom. The molecular weight excluding hydrogens is 202 g/mol. The van der Waals surface area contributed by atoms with Gasteiger partial charge in [-0.1, -0.05) is 0 Å². The van der Waals surface area contributed by atoms with Crippen LogP contribution in [0.5, 0.6) is 0 Å². The van der Waals surface area contributed by atoms with Gasteiger partial charge in [0.1, 0.15) is 12.0 Å². The third-order valence-corrected chi connectivity index (χ3v) is 2.25. The van der Waals surface area contributed by atoms with E-state index in [0.717, 1.165) is 11.5 Å². The summed E-state index contributed by atoms with van der Waals surface area (Å²) in [4.78, 5) is 18.5. The maximum absolute atomic E-state index is 10.8. The van der Waals surface area contributed by atoms with Gasteiger partial charge in [0.15, 0.2) is 0 Å². The second-order valence-electron chi connectivity index (χ2n) is 2.48. The van der Waals surface area contributed by atoms with Gasteiger partial charge in [0.05, 0.1) is 11.3 Å². The standard InChI is InChI=1S/C8H5N3O2S/c12-8(13)5-3-14-11-7(5)6-1-2-9-4-10-6/h1-4H,(H,12,13). The number of aromatic carboxylic acids is 1. The smallest absolute Gasteiger partial charge is 0.338 e. The van der Waals surface area contributed by atoms with E-state index in [-0.39, 0.29) is 5.56 Å². The summed E-state index contributed by atoms with van der Waals surface area (Å²) in [5.74, 6) is -0.993. The van der Waals surface area contributed by atoms with E-state index in [9.17, 15) is 4.79 Å². The van der Waals surface area contributed by atoms with Gasteiger partial charge in [0, 0.05) is 11.6 Å². The van der Waals surface area contributed by atoms with E-state index in [1.807, 2.05) is 0 Å². The van der Waals surface area contributed by atoms with Gasteiger partial charge in [-0.3, -0.25) is 0 Å². The van der Waals surface area contributed by atoms with Gasteiger partial charge >= 0.3 is 5.97 Å². The summed E-state index contributed by atoms with van der Waals surface area (Å²) in [6, 6.07) is 1.63. The topological polar surface area (TPSA) is 76.0 Å². The molecule has 2 aromatic rings. The van der Waals surface area contributed by atoms with Gasteiger partial charge in [0.2, 0.25) is 0 Å². The lowest BCUT2D eigenvalue weighted by molar-refractivity contribution is 0.0698. The van der Waals surface area contributed by atoms with Crippen LogP contribution >= 0.6 is 11.5 Å². The van der Waals surface area contributed by atoms with Crippen molar-refractivity contribution < 1.29 is 9.90 Å². The molecule has 0 bridgehead atoms. The number of hydrogen-bond donors (Lipinski definition) is 1. The molecule has 2 aromatic heterocycles. The molecule has 0 unspecified atom stereocenters. The molecule has 0 aliphatic rings. The molecule has 0 aliphatic heterocycles. The van der Waals surface area contributed by atoms with E-state index in [4.69, 9.17) is 5.11 Å². The zero-order chi connectivity index (χ0) is 9.97. The first kappa shape index (κ1) is 8.76. The summed E-state index contributed by atoms with van der Waals surface area (Å²) in [7, 11) is 0. The maximum atomic E-state index is 10.8. The number of carboxylic acid groups (broad SMARTS) is 1. The van der Waals surface area contributed by atoms with Crippen molar-refractivity contribution in [2.45, 2.75) is 0 Å². The predicted octanol–water partition coefficient (Wildman–Crippen LogP) is 1.30. The molecule has 2 heterocycles. The molecule has 6 heteroatoms. The van der Waals surface area contributed by atoms with E-state index in [1.165, 1.54) is 11.7 Å². The molecule has 1 N–H and O–H groups in total. The van der Waals surface area contributed by atoms with E-state index in [2.05, 4.69) is 14.3 Å². The van der Waals surface area contributed by atoms with E-state index < -0.39 is 5.97 Å². The summed E-state index contributed by atoms with van der Waals surface area (Å²) < 4.78 is 3.98. The van der Waals surface area contributed by atoms with Crippen LogP contribution in [0.4, 0.5) is 0 Å². The quantitative estimate of drug-likeness (QED) is 0.803. The third kappa shape index (κ3) is 1.47. The Balaban J connectivity index is 2.52. The van der Waals surface area contributed by atoms with Crippen LogP contribution in [-0.2, 0) is 0 Å². The number of carbonyl (C=O) groups is 1. The molecule has 5 nitrogen and oxygen atoms in total. The van der Waals surface area contributed by atoms with Crippen LogP contribution in [0.2, 0.25) is 0 Å². The molecule has 0 atom stereocenters. The second kappa shape index (κ2) is 3.51. The van der Waals surface area contributed by atoms with Crippen LogP contribution in [-0.4, -0.2) is 25.4 Å². The van der Waals surface area contributed by atoms with E-state index >= 15 is 0 Å². The molecule has 0 amide bonds. The minimum absolute atomic E-state index is 0.175. The van der Waals surface area contributed by atoms with Crippen molar-refractivity contribution in [3.8, 4) is 11.4 Å². The van der Waals surface area contributed by atoms with Gasteiger partial charge < -0.3 is 5.11 Å². The van der Waals surface area contributed by atoms with Crippen molar-refractivity contribution in [2.24, 2.45) is 0 Å². The molecule has 70 valence electrons. The highest BCUT2D eigenvalue weighted by atomic mass is 32.1. The predicted molar refractivity (Wildman–Crippen MR) is 50.1 cm³/mol. The van der Waals surface area contributed by atoms with Crippen molar-refractivity contribution >= 4 is 17.5 Å². The molecule has 0 saturated heterocycles. The fraction of sp³-hybridized carbons (Fsp3) is 0. The molecule has 0 saturated carbocycles. The minimum Gasteiger partial charge on any atom is -0.478 e. The van der Waals surface area contributed by atoms with Crippen LogP contribution in [0.15, 0.2) is 24.0 Å². The van der Waals surface area contributed by atoms with Crippen molar-refractivity contribution in [1.82, 2.24) is 14.3 Å². The molecule has 0 aromatic carbocycles. The summed E-state index contributed by atoms with van der Waals surface area (Å²) in [5.41, 5.74) is 1.09. The average Bonchev–Trinajstić information content (AvgIpc) is 2.67. The van der Waals surface area contributed by atoms with Crippen molar-refractivity contribution in [1.29, 1.82) is 0 Å². The second-order valence-corrected chi connectivity index (χ2v) is 3.11. The molecule has 0 radical (unpaired) electrons. The zero-order valence-electron chi connectivity index (χ0n) is 6.91. The van der Waals surface area contributed by atoms with E-state index in [1.54, 1.807) is 12.3 Å². The lowest BCUT2D eigenvalue weighted by Crippen LogP contribution is -1.97. The highest BCUT2D eigenvalue weighted by molar-refractivity contribution is 7.04. The van der Waals surface area contributed by atoms with Crippen LogP contribution < -0.4 is 0 Å². The summed E-state index contributed by atoms with van der Waals surface area (Å²) in [6.45, 7) is 0. The first-order valence-electron chi connectivity index (χ1n) is 3.73. The highest BCUT2D eigenvalue weighted by Gasteiger charge is 2.14. The largest absolute Gasteiger partial charge is 0.478 e. The summed E-state index contributed by atoms with van der Waals surface area (Å²) >= 11 is 1.10. The molecule has 0 spiro atoms. The zero-order valence-corrected chi connectivity index (χ0v) is 7.73. The number of aromatic nitrogens is 3. The van der Waals surface area contributed by atoms with Crippen LogP contribution in [0, 0.1) is 0 Å². The van der Waals surface area contributed by atoms with Crippen LogP contribution in [0.25, 0.3) is 11.4 Å². The van der Waals surface area contributed by atoms with Crippen molar-refractivity contribution in [2.75, 3.05) is 0 Å². The summed E-state index contributed by atoms with van der Waals surface area (Å²) in [5, 5.41) is 10.3. The van der Waals surface area contributed by atoms with E-state index in [0.29, 0.717) is 11.4 Å². The van der Waals surface area contributed by atoms with Crippen LogP contribution in [0.3, 0.4) is 0 Å². The van der Waals surface area contributed by atoms with Crippen LogP contribution in [0.1, 0.15) is 10.4 Å². The molecule has 2 rings (SSSR count). The molecule has 0 fully saturated rings. The van der Waals surface area contributed by atoms with Gasteiger partial charge in [-0.25, -0.2) is 14.8 Å². The SMILES string of the molecule is O=C(O)c1csnc1-c1ccncn1. The maximum Gasteiger partial charge on any atom is 0.338 e. The Labute approximate surface area is 83.2 Å². The minimum atomic E-state index is -0.993. The van der Waals surface area contributed by atoms with Crippen molar-refractivity contribution in [3.63, 3.8) is 0 Å². The Hall–Kier alpha value is -1.82. The van der Waals surface area contributed by atoms with Gasteiger partial charge in [-0.2, -0.15) is 4.37 Å². The Bertz CT molecular complexity index is 455. The Morgan fingerprint density at radius 1 is 1.50 bits per heavy atom. The Morgan fingerprint density at radius 2 is 2.36 bits per heavy atom. The van der Waals surface area contributed by atoms with Gasteiger partial charge in [-0.05, 0) is 17.6 Å². The number of carboxylic acids is 1. The lowest BCUT2D eigenvalue weighted by atomic mass is 10.2. The van der Waals surface area contributed by atoms with Crippen molar-refractivity contribution in [3.05, 3.63) is 29.5 Å². The fourth-order valence-electron chi connectivity index (χ4n) is 1.00. The Kier molecular flexibility index (Phi) is 2.19. The number of hydrogen-bond acceptors (Lipinski definition) is 5. The molecule has 0 aliphatic carbocycles. The van der Waals surface area contributed by atoms with Gasteiger partial charge in [0.25, 0.3) is 0 Å². The number of rotatable bonds is 2. The monoisotopic (exact) mass is 207 g/mol. The third-order valence-electron chi connectivity index (χ3n) is 1.62. The fourth-order valence-corrected chi connectivity index (χ4v) is 1.67. The molecular formula is C8H5N3O2S. The highest BCUT2D eigenvalue weighted by Crippen LogP contribution is 2.21. The molecule has 14 heavy (non-hydrogen) atoms. The normalized spacial score (nSPS) is 10.0. The first-order chi connectivity index (χ1) is 6.79.